The second-order valence-electron chi connectivity index (χ2n) is 6.81. The van der Waals surface area contributed by atoms with Crippen molar-refractivity contribution in [1.29, 1.82) is 0 Å². The Labute approximate surface area is 168 Å². The van der Waals surface area contributed by atoms with Crippen LogP contribution in [0.15, 0.2) is 72.8 Å². The van der Waals surface area contributed by atoms with Crippen LogP contribution in [0.2, 0.25) is 0 Å². The number of carbonyl (C=O) groups excluding carboxylic acids is 2. The maximum atomic E-state index is 13.3. The van der Waals surface area contributed by atoms with E-state index in [4.69, 9.17) is 9.94 Å². The predicted octanol–water partition coefficient (Wildman–Crippen LogP) is 4.08. The van der Waals surface area contributed by atoms with Crippen LogP contribution < -0.4 is 15.1 Å². The van der Waals surface area contributed by atoms with Gasteiger partial charge in [-0.3, -0.25) is 14.8 Å². The maximum absolute atomic E-state index is 13.3. The zero-order chi connectivity index (χ0) is 20.2. The molecular formula is C23H20N2O4. The SMILES string of the molecule is O=C(CCc1ccc(CN2C(=O)c3ccccc3Oc3ccccc32)cc1)NO. The standard InChI is InChI=1S/C23H20N2O4/c26-22(24-28)14-13-16-9-11-17(12-10-16)15-25-19-6-2-4-8-21(19)29-20-7-3-1-5-18(20)23(25)27/h1-12,28H,13-15H2,(H,24,26). The van der Waals surface area contributed by atoms with Crippen LogP contribution >= 0.6 is 0 Å². The lowest BCUT2D eigenvalue weighted by Gasteiger charge is -2.22. The molecule has 1 aliphatic rings. The molecule has 0 aliphatic carbocycles. The second-order valence-corrected chi connectivity index (χ2v) is 6.81. The first kappa shape index (κ1) is 18.7. The molecule has 6 nitrogen and oxygen atoms in total. The average molecular weight is 388 g/mol. The molecule has 3 aromatic rings. The molecule has 2 N–H and O–H groups in total. The van der Waals surface area contributed by atoms with E-state index in [1.54, 1.807) is 22.5 Å². The summed E-state index contributed by atoms with van der Waals surface area (Å²) in [7, 11) is 0. The van der Waals surface area contributed by atoms with Gasteiger partial charge >= 0.3 is 0 Å². The first-order valence-electron chi connectivity index (χ1n) is 9.34. The van der Waals surface area contributed by atoms with Crippen LogP contribution in [-0.2, 0) is 17.8 Å². The van der Waals surface area contributed by atoms with Crippen molar-refractivity contribution in [2.24, 2.45) is 0 Å². The number of amides is 2. The van der Waals surface area contributed by atoms with Gasteiger partial charge in [-0.25, -0.2) is 5.48 Å². The number of benzene rings is 3. The minimum Gasteiger partial charge on any atom is -0.454 e. The number of hydrogen-bond donors (Lipinski definition) is 2. The molecule has 2 amide bonds. The Balaban J connectivity index is 1.60. The quantitative estimate of drug-likeness (QED) is 0.510. The molecule has 4 rings (SSSR count). The van der Waals surface area contributed by atoms with E-state index in [1.165, 1.54) is 0 Å². The van der Waals surface area contributed by atoms with Gasteiger partial charge < -0.3 is 9.64 Å². The lowest BCUT2D eigenvalue weighted by molar-refractivity contribution is -0.129. The van der Waals surface area contributed by atoms with Gasteiger partial charge in [-0.1, -0.05) is 48.5 Å². The molecule has 3 aromatic carbocycles. The lowest BCUT2D eigenvalue weighted by Crippen LogP contribution is -2.29. The normalized spacial score (nSPS) is 12.4. The molecule has 0 saturated carbocycles. The minimum absolute atomic E-state index is 0.116. The van der Waals surface area contributed by atoms with Crippen molar-refractivity contribution in [3.05, 3.63) is 89.5 Å². The molecule has 0 unspecified atom stereocenters. The van der Waals surface area contributed by atoms with Crippen LogP contribution in [0.25, 0.3) is 0 Å². The van der Waals surface area contributed by atoms with E-state index in [2.05, 4.69) is 0 Å². The van der Waals surface area contributed by atoms with Crippen LogP contribution in [0.3, 0.4) is 0 Å². The van der Waals surface area contributed by atoms with Gasteiger partial charge in [0.15, 0.2) is 5.75 Å². The molecule has 1 heterocycles. The Bertz CT molecular complexity index is 1050. The first-order chi connectivity index (χ1) is 14.2. The van der Waals surface area contributed by atoms with Crippen molar-refractivity contribution in [2.75, 3.05) is 4.90 Å². The summed E-state index contributed by atoms with van der Waals surface area (Å²) in [6, 6.07) is 22.5. The number of carbonyl (C=O) groups is 2. The monoisotopic (exact) mass is 388 g/mol. The number of nitrogens with zero attached hydrogens (tertiary/aromatic N) is 1. The van der Waals surface area contributed by atoms with Gasteiger partial charge in [-0.05, 0) is 41.8 Å². The van der Waals surface area contributed by atoms with Crippen LogP contribution in [0.4, 0.5) is 5.69 Å². The third-order valence-electron chi connectivity index (χ3n) is 4.87. The van der Waals surface area contributed by atoms with Gasteiger partial charge in [0.2, 0.25) is 5.91 Å². The summed E-state index contributed by atoms with van der Waals surface area (Å²) in [6.07, 6.45) is 0.737. The Hall–Kier alpha value is -3.64. The third-order valence-corrected chi connectivity index (χ3v) is 4.87. The van der Waals surface area contributed by atoms with E-state index in [9.17, 15) is 9.59 Å². The van der Waals surface area contributed by atoms with Gasteiger partial charge in [0.1, 0.15) is 5.75 Å². The lowest BCUT2D eigenvalue weighted by atomic mass is 10.1. The molecule has 0 atom stereocenters. The summed E-state index contributed by atoms with van der Waals surface area (Å²) in [5.74, 6) is 0.649. The van der Waals surface area contributed by atoms with Crippen LogP contribution in [0.5, 0.6) is 11.5 Å². The second kappa shape index (κ2) is 8.16. The predicted molar refractivity (Wildman–Crippen MR) is 108 cm³/mol. The molecule has 6 heteroatoms. The van der Waals surface area contributed by atoms with Crippen molar-refractivity contribution in [3.8, 4) is 11.5 Å². The summed E-state index contributed by atoms with van der Waals surface area (Å²) in [5.41, 5.74) is 4.82. The van der Waals surface area contributed by atoms with Crippen molar-refractivity contribution < 1.29 is 19.5 Å². The number of rotatable bonds is 5. The number of fused-ring (bicyclic) bond motifs is 2. The fourth-order valence-electron chi connectivity index (χ4n) is 3.34. The van der Waals surface area contributed by atoms with Gasteiger partial charge in [0.25, 0.3) is 5.91 Å². The van der Waals surface area contributed by atoms with Gasteiger partial charge in [-0.2, -0.15) is 0 Å². The fraction of sp³-hybridized carbons (Fsp3) is 0.130. The zero-order valence-corrected chi connectivity index (χ0v) is 15.7. The number of hydroxylamine groups is 1. The summed E-state index contributed by atoms with van der Waals surface area (Å²) >= 11 is 0. The Morgan fingerprint density at radius 3 is 2.31 bits per heavy atom. The van der Waals surface area contributed by atoms with Crippen molar-refractivity contribution in [3.63, 3.8) is 0 Å². The Morgan fingerprint density at radius 1 is 0.897 bits per heavy atom. The molecule has 29 heavy (non-hydrogen) atoms. The molecule has 0 bridgehead atoms. The van der Waals surface area contributed by atoms with Crippen molar-refractivity contribution in [2.45, 2.75) is 19.4 Å². The molecule has 1 aliphatic heterocycles. The number of anilines is 1. The maximum Gasteiger partial charge on any atom is 0.262 e. The largest absolute Gasteiger partial charge is 0.454 e. The van der Waals surface area contributed by atoms with E-state index in [0.29, 0.717) is 30.0 Å². The van der Waals surface area contributed by atoms with E-state index in [0.717, 1.165) is 16.8 Å². The van der Waals surface area contributed by atoms with Gasteiger partial charge in [-0.15, -0.1) is 0 Å². The van der Waals surface area contributed by atoms with Crippen molar-refractivity contribution in [1.82, 2.24) is 5.48 Å². The average Bonchev–Trinajstić information content (AvgIpc) is 2.88. The molecular weight excluding hydrogens is 368 g/mol. The highest BCUT2D eigenvalue weighted by Gasteiger charge is 2.27. The molecule has 0 aromatic heterocycles. The minimum atomic E-state index is -0.417. The fourth-order valence-corrected chi connectivity index (χ4v) is 3.34. The van der Waals surface area contributed by atoms with Crippen molar-refractivity contribution >= 4 is 17.5 Å². The summed E-state index contributed by atoms with van der Waals surface area (Å²) in [4.78, 5) is 26.2. The van der Waals surface area contributed by atoms with Gasteiger partial charge in [0, 0.05) is 6.42 Å². The number of aryl methyl sites for hydroxylation is 1. The highest BCUT2D eigenvalue weighted by molar-refractivity contribution is 6.09. The van der Waals surface area contributed by atoms with E-state index >= 15 is 0 Å². The topological polar surface area (TPSA) is 78.9 Å². The van der Waals surface area contributed by atoms with E-state index in [1.807, 2.05) is 60.7 Å². The smallest absolute Gasteiger partial charge is 0.262 e. The van der Waals surface area contributed by atoms with Gasteiger partial charge in [0.05, 0.1) is 17.8 Å². The van der Waals surface area contributed by atoms with Crippen LogP contribution in [-0.4, -0.2) is 17.0 Å². The Morgan fingerprint density at radius 2 is 1.55 bits per heavy atom. The summed E-state index contributed by atoms with van der Waals surface area (Å²) in [6.45, 7) is 0.394. The van der Waals surface area contributed by atoms with Crippen LogP contribution in [0.1, 0.15) is 27.9 Å². The van der Waals surface area contributed by atoms with Crippen LogP contribution in [0, 0.1) is 0 Å². The zero-order valence-electron chi connectivity index (χ0n) is 15.7. The van der Waals surface area contributed by atoms with E-state index in [-0.39, 0.29) is 12.3 Å². The molecule has 146 valence electrons. The number of para-hydroxylation sites is 3. The molecule has 0 radical (unpaired) electrons. The highest BCUT2D eigenvalue weighted by atomic mass is 16.5. The number of nitrogens with one attached hydrogen (secondary N) is 1. The summed E-state index contributed by atoms with van der Waals surface area (Å²) < 4.78 is 6.00. The molecule has 0 spiro atoms. The third kappa shape index (κ3) is 3.97. The number of ether oxygens (including phenoxy) is 1. The molecule has 0 saturated heterocycles. The first-order valence-corrected chi connectivity index (χ1v) is 9.34. The highest BCUT2D eigenvalue weighted by Crippen LogP contribution is 2.39. The summed E-state index contributed by atoms with van der Waals surface area (Å²) in [5, 5.41) is 8.59. The number of hydrogen-bond acceptors (Lipinski definition) is 4. The van der Waals surface area contributed by atoms with E-state index < -0.39 is 5.91 Å². The Kier molecular flexibility index (Phi) is 5.27. The molecule has 0 fully saturated rings.